The standard InChI is InChI=1S/C32H38N2O6/c1-19-23(6-5-7-26(19)30-20(2)33-31(34-21(30)3)40-17-22(15-35)16-36)18-39-25-8-9-27-24(12-25)14-32(10-11-32)28(27)13-29(37)38-4/h5-9,12,22,28,35-36H,10-11,13-18H2,1-4H3. The van der Waals surface area contributed by atoms with Crippen molar-refractivity contribution in [2.75, 3.05) is 26.9 Å². The highest BCUT2D eigenvalue weighted by Crippen LogP contribution is 2.64. The number of fused-ring (bicyclic) bond motifs is 1. The van der Waals surface area contributed by atoms with E-state index in [2.05, 4.69) is 41.2 Å². The molecule has 40 heavy (non-hydrogen) atoms. The Kier molecular flexibility index (Phi) is 8.10. The predicted molar refractivity (Wildman–Crippen MR) is 150 cm³/mol. The van der Waals surface area contributed by atoms with Crippen molar-refractivity contribution in [1.82, 2.24) is 9.97 Å². The first-order valence-corrected chi connectivity index (χ1v) is 13.9. The number of esters is 1. The number of aliphatic hydroxyl groups excluding tert-OH is 2. The zero-order chi connectivity index (χ0) is 28.4. The lowest BCUT2D eigenvalue weighted by atomic mass is 9.87. The molecule has 1 unspecified atom stereocenters. The maximum Gasteiger partial charge on any atom is 0.316 e. The Morgan fingerprint density at radius 3 is 2.42 bits per heavy atom. The summed E-state index contributed by atoms with van der Waals surface area (Å²) in [5.41, 5.74) is 8.52. The van der Waals surface area contributed by atoms with E-state index in [0.717, 1.165) is 58.7 Å². The second-order valence-corrected chi connectivity index (χ2v) is 11.2. The maximum atomic E-state index is 12.0. The Morgan fingerprint density at radius 2 is 1.77 bits per heavy atom. The molecule has 0 amide bonds. The van der Waals surface area contributed by atoms with Crippen molar-refractivity contribution in [2.45, 2.75) is 59.0 Å². The fraction of sp³-hybridized carbons (Fsp3) is 0.469. The van der Waals surface area contributed by atoms with Gasteiger partial charge in [-0.25, -0.2) is 0 Å². The fourth-order valence-corrected chi connectivity index (χ4v) is 6.03. The highest BCUT2D eigenvalue weighted by Gasteiger charge is 2.54. The van der Waals surface area contributed by atoms with Crippen molar-refractivity contribution in [3.05, 3.63) is 70.0 Å². The van der Waals surface area contributed by atoms with Crippen LogP contribution in [0.3, 0.4) is 0 Å². The molecule has 1 atom stereocenters. The van der Waals surface area contributed by atoms with Gasteiger partial charge < -0.3 is 24.4 Å². The number of methoxy groups -OCH3 is 1. The van der Waals surface area contributed by atoms with Gasteiger partial charge in [-0.2, -0.15) is 9.97 Å². The van der Waals surface area contributed by atoms with Gasteiger partial charge in [0.05, 0.1) is 44.7 Å². The molecule has 5 rings (SSSR count). The van der Waals surface area contributed by atoms with Crippen LogP contribution in [-0.2, 0) is 22.6 Å². The smallest absolute Gasteiger partial charge is 0.316 e. The molecule has 212 valence electrons. The van der Waals surface area contributed by atoms with Crippen LogP contribution < -0.4 is 9.47 Å². The van der Waals surface area contributed by atoms with Crippen LogP contribution in [0.25, 0.3) is 11.1 Å². The van der Waals surface area contributed by atoms with Crippen LogP contribution >= 0.6 is 0 Å². The molecule has 0 radical (unpaired) electrons. The Morgan fingerprint density at radius 1 is 1.05 bits per heavy atom. The summed E-state index contributed by atoms with van der Waals surface area (Å²) >= 11 is 0. The second kappa shape index (κ2) is 11.6. The van der Waals surface area contributed by atoms with E-state index in [1.165, 1.54) is 18.2 Å². The SMILES string of the molecule is COC(=O)CC1c2ccc(OCc3cccc(-c4c(C)nc(OCC(CO)CO)nc4C)c3C)cc2CC12CC2. The molecule has 8 nitrogen and oxygen atoms in total. The summed E-state index contributed by atoms with van der Waals surface area (Å²) in [6.07, 6.45) is 3.76. The molecule has 2 N–H and O–H groups in total. The molecule has 2 aliphatic rings. The van der Waals surface area contributed by atoms with E-state index in [-0.39, 0.29) is 49.1 Å². The van der Waals surface area contributed by atoms with Gasteiger partial charge in [0.1, 0.15) is 12.4 Å². The third-order valence-corrected chi connectivity index (χ3v) is 8.59. The summed E-state index contributed by atoms with van der Waals surface area (Å²) in [5, 5.41) is 18.6. The Labute approximate surface area is 235 Å². The van der Waals surface area contributed by atoms with Gasteiger partial charge in [0.25, 0.3) is 0 Å². The second-order valence-electron chi connectivity index (χ2n) is 11.2. The van der Waals surface area contributed by atoms with E-state index in [9.17, 15) is 15.0 Å². The number of carbonyl (C=O) groups excluding carboxylic acids is 1. The molecule has 0 saturated heterocycles. The minimum atomic E-state index is -0.371. The van der Waals surface area contributed by atoms with Gasteiger partial charge in [-0.1, -0.05) is 24.3 Å². The molecule has 3 aromatic rings. The van der Waals surface area contributed by atoms with Crippen LogP contribution in [0.5, 0.6) is 11.8 Å². The number of aromatic nitrogens is 2. The number of hydrogen-bond donors (Lipinski definition) is 2. The quantitative estimate of drug-likeness (QED) is 0.336. The lowest BCUT2D eigenvalue weighted by Gasteiger charge is -2.18. The van der Waals surface area contributed by atoms with Gasteiger partial charge in [0.15, 0.2) is 0 Å². The highest BCUT2D eigenvalue weighted by molar-refractivity contribution is 5.73. The monoisotopic (exact) mass is 546 g/mol. The van der Waals surface area contributed by atoms with Gasteiger partial charge in [-0.3, -0.25) is 4.79 Å². The van der Waals surface area contributed by atoms with Crippen LogP contribution in [0.1, 0.15) is 58.8 Å². The molecule has 1 aromatic heterocycles. The molecule has 1 saturated carbocycles. The number of ether oxygens (including phenoxy) is 3. The van der Waals surface area contributed by atoms with Gasteiger partial charge in [0, 0.05) is 17.4 Å². The minimum Gasteiger partial charge on any atom is -0.489 e. The Bertz CT molecular complexity index is 1370. The number of rotatable bonds is 11. The van der Waals surface area contributed by atoms with Crippen LogP contribution in [-0.4, -0.2) is 53.1 Å². The molecule has 2 aromatic carbocycles. The lowest BCUT2D eigenvalue weighted by molar-refractivity contribution is -0.141. The summed E-state index contributed by atoms with van der Waals surface area (Å²) < 4.78 is 16.9. The number of nitrogens with zero attached hydrogens (tertiary/aromatic N) is 2. The summed E-state index contributed by atoms with van der Waals surface area (Å²) in [6.45, 7) is 6.19. The van der Waals surface area contributed by atoms with E-state index in [1.54, 1.807) is 0 Å². The molecule has 1 heterocycles. The first-order chi connectivity index (χ1) is 19.3. The van der Waals surface area contributed by atoms with Crippen molar-refractivity contribution >= 4 is 5.97 Å². The number of aryl methyl sites for hydroxylation is 2. The Hall–Kier alpha value is -3.49. The first-order valence-electron chi connectivity index (χ1n) is 13.9. The first kappa shape index (κ1) is 28.1. The van der Waals surface area contributed by atoms with Crippen LogP contribution in [0.15, 0.2) is 36.4 Å². The molecule has 2 aliphatic carbocycles. The van der Waals surface area contributed by atoms with Crippen molar-refractivity contribution in [3.8, 4) is 22.9 Å². The number of aliphatic hydroxyl groups is 2. The number of hydrogen-bond acceptors (Lipinski definition) is 8. The summed E-state index contributed by atoms with van der Waals surface area (Å²) in [4.78, 5) is 21.1. The van der Waals surface area contributed by atoms with E-state index >= 15 is 0 Å². The minimum absolute atomic E-state index is 0.144. The average Bonchev–Trinajstić information content (AvgIpc) is 3.65. The van der Waals surface area contributed by atoms with E-state index in [0.29, 0.717) is 13.0 Å². The highest BCUT2D eigenvalue weighted by atomic mass is 16.5. The van der Waals surface area contributed by atoms with Crippen molar-refractivity contribution in [1.29, 1.82) is 0 Å². The normalized spacial score (nSPS) is 16.7. The molecule has 0 aliphatic heterocycles. The predicted octanol–water partition coefficient (Wildman–Crippen LogP) is 4.61. The summed E-state index contributed by atoms with van der Waals surface area (Å²) in [7, 11) is 1.46. The van der Waals surface area contributed by atoms with Gasteiger partial charge in [-0.05, 0) is 85.4 Å². The van der Waals surface area contributed by atoms with Gasteiger partial charge in [0.2, 0.25) is 0 Å². The Balaban J connectivity index is 1.31. The molecular formula is C32H38N2O6. The molecule has 0 bridgehead atoms. The number of benzene rings is 2. The lowest BCUT2D eigenvalue weighted by Crippen LogP contribution is -2.20. The van der Waals surface area contributed by atoms with Crippen molar-refractivity contribution < 1.29 is 29.2 Å². The van der Waals surface area contributed by atoms with E-state index < -0.39 is 0 Å². The zero-order valence-electron chi connectivity index (χ0n) is 23.7. The average molecular weight is 547 g/mol. The van der Waals surface area contributed by atoms with Crippen molar-refractivity contribution in [2.24, 2.45) is 11.3 Å². The van der Waals surface area contributed by atoms with E-state index in [4.69, 9.17) is 14.2 Å². The topological polar surface area (TPSA) is 111 Å². The summed E-state index contributed by atoms with van der Waals surface area (Å²) in [6, 6.07) is 12.7. The van der Waals surface area contributed by atoms with E-state index in [1.807, 2.05) is 26.0 Å². The maximum absolute atomic E-state index is 12.0. The van der Waals surface area contributed by atoms with Gasteiger partial charge >= 0.3 is 12.0 Å². The van der Waals surface area contributed by atoms with Crippen LogP contribution in [0.2, 0.25) is 0 Å². The zero-order valence-corrected chi connectivity index (χ0v) is 23.7. The molecule has 1 spiro atoms. The fourth-order valence-electron chi connectivity index (χ4n) is 6.03. The molecular weight excluding hydrogens is 508 g/mol. The van der Waals surface area contributed by atoms with Crippen molar-refractivity contribution in [3.63, 3.8) is 0 Å². The summed E-state index contributed by atoms with van der Waals surface area (Å²) in [5.74, 6) is 0.554. The third-order valence-electron chi connectivity index (χ3n) is 8.59. The van der Waals surface area contributed by atoms with Crippen LogP contribution in [0.4, 0.5) is 0 Å². The third kappa shape index (κ3) is 5.56. The number of carbonyl (C=O) groups is 1. The largest absolute Gasteiger partial charge is 0.489 e. The van der Waals surface area contributed by atoms with Gasteiger partial charge in [-0.15, -0.1) is 0 Å². The van der Waals surface area contributed by atoms with Crippen LogP contribution in [0, 0.1) is 32.1 Å². The molecule has 1 fully saturated rings. The molecule has 8 heteroatoms.